The monoisotopic (exact) mass is 335 g/mol. The van der Waals surface area contributed by atoms with E-state index in [1.807, 2.05) is 6.92 Å². The maximum absolute atomic E-state index is 11.4. The molecule has 1 aliphatic rings. The molecule has 5 N–H and O–H groups in total. The lowest BCUT2D eigenvalue weighted by atomic mass is 9.52. The Morgan fingerprint density at radius 2 is 1.75 bits per heavy atom. The van der Waals surface area contributed by atoms with Crippen LogP contribution in [0.5, 0.6) is 0 Å². The number of aliphatic hydroxyl groups is 3. The molecular formula is C16H25N5O3. The highest BCUT2D eigenvalue weighted by Crippen LogP contribution is 2.56. The van der Waals surface area contributed by atoms with Gasteiger partial charge in [0.1, 0.15) is 23.0 Å². The third-order valence-electron chi connectivity index (χ3n) is 6.58. The van der Waals surface area contributed by atoms with E-state index in [9.17, 15) is 15.3 Å². The van der Waals surface area contributed by atoms with Gasteiger partial charge in [0, 0.05) is 5.41 Å². The Balaban J connectivity index is 2.21. The predicted molar refractivity (Wildman–Crippen MR) is 89.1 cm³/mol. The highest BCUT2D eigenvalue weighted by Gasteiger charge is 2.66. The molecule has 2 aromatic heterocycles. The zero-order chi connectivity index (χ0) is 18.0. The third-order valence-corrected chi connectivity index (χ3v) is 6.58. The van der Waals surface area contributed by atoms with Crippen molar-refractivity contribution in [3.8, 4) is 0 Å². The van der Waals surface area contributed by atoms with Gasteiger partial charge in [-0.15, -0.1) is 0 Å². The van der Waals surface area contributed by atoms with Gasteiger partial charge in [-0.25, -0.2) is 15.0 Å². The number of nitrogens with zero attached hydrogens (tertiary/aromatic N) is 4. The second-order valence-corrected chi connectivity index (χ2v) is 7.68. The van der Waals surface area contributed by atoms with Crippen LogP contribution in [-0.4, -0.2) is 52.6 Å². The first-order valence-corrected chi connectivity index (χ1v) is 8.01. The molecule has 2 heterocycles. The maximum Gasteiger partial charge on any atom is 0.166 e. The number of fused-ring (bicyclic) bond motifs is 1. The Hall–Kier alpha value is -1.77. The van der Waals surface area contributed by atoms with Crippen LogP contribution in [0.2, 0.25) is 0 Å². The Kier molecular flexibility index (Phi) is 3.46. The summed E-state index contributed by atoms with van der Waals surface area (Å²) in [5.74, 6) is 0.268. The van der Waals surface area contributed by atoms with Gasteiger partial charge in [-0.3, -0.25) is 0 Å². The van der Waals surface area contributed by atoms with Crippen molar-refractivity contribution in [2.24, 2.45) is 5.41 Å². The summed E-state index contributed by atoms with van der Waals surface area (Å²) >= 11 is 0. The number of hydrogen-bond acceptors (Lipinski definition) is 7. The molecule has 0 spiro atoms. The van der Waals surface area contributed by atoms with Gasteiger partial charge in [-0.1, -0.05) is 6.92 Å². The molecule has 4 atom stereocenters. The Morgan fingerprint density at radius 1 is 1.08 bits per heavy atom. The van der Waals surface area contributed by atoms with E-state index in [2.05, 4.69) is 15.0 Å². The lowest BCUT2D eigenvalue weighted by Gasteiger charge is -2.61. The van der Waals surface area contributed by atoms with Gasteiger partial charge in [-0.05, 0) is 33.6 Å². The highest BCUT2D eigenvalue weighted by molar-refractivity contribution is 5.81. The van der Waals surface area contributed by atoms with E-state index in [-0.39, 0.29) is 12.4 Å². The minimum absolute atomic E-state index is 0.216. The molecule has 0 radical (unpaired) electrons. The number of aliphatic hydroxyl groups excluding tert-OH is 1. The molecule has 8 nitrogen and oxygen atoms in total. The summed E-state index contributed by atoms with van der Waals surface area (Å²) in [4.78, 5) is 12.5. The van der Waals surface area contributed by atoms with Gasteiger partial charge in [0.2, 0.25) is 0 Å². The van der Waals surface area contributed by atoms with Crippen LogP contribution in [0.1, 0.15) is 40.5 Å². The predicted octanol–water partition coefficient (Wildman–Crippen LogP) is 0.418. The van der Waals surface area contributed by atoms with Crippen LogP contribution in [0.25, 0.3) is 11.2 Å². The van der Waals surface area contributed by atoms with Crippen molar-refractivity contribution < 1.29 is 15.3 Å². The molecule has 0 aliphatic heterocycles. The van der Waals surface area contributed by atoms with Gasteiger partial charge < -0.3 is 25.6 Å². The average molecular weight is 335 g/mol. The van der Waals surface area contributed by atoms with Crippen molar-refractivity contribution in [1.29, 1.82) is 0 Å². The number of hydrogen-bond donors (Lipinski definition) is 4. The Morgan fingerprint density at radius 3 is 2.38 bits per heavy atom. The number of anilines is 1. The molecule has 4 unspecified atom stereocenters. The topological polar surface area (TPSA) is 130 Å². The molecule has 0 amide bonds. The number of aromatic nitrogens is 4. The summed E-state index contributed by atoms with van der Waals surface area (Å²) < 4.78 is 1.76. The fourth-order valence-electron chi connectivity index (χ4n) is 3.92. The molecule has 132 valence electrons. The molecule has 8 heteroatoms. The summed E-state index contributed by atoms with van der Waals surface area (Å²) in [6.45, 7) is 6.59. The van der Waals surface area contributed by atoms with Gasteiger partial charge in [0.15, 0.2) is 11.5 Å². The standard InChI is InChI=1S/C16H25N5O3/c1-13(7-22)5-6-14(2,16(4,24)15(13,3)23)21-9-20-10-11(17)18-8-19-12(10)21/h8-9,22-24H,5-7H2,1-4H3,(H2,17,18,19). The van der Waals surface area contributed by atoms with Crippen LogP contribution in [0.15, 0.2) is 12.7 Å². The SMILES string of the molecule is CC1(CO)CCC(C)(n2cnc3c(N)ncnc32)C(C)(O)C1(C)O. The fourth-order valence-corrected chi connectivity index (χ4v) is 3.92. The van der Waals surface area contributed by atoms with Crippen molar-refractivity contribution in [2.45, 2.75) is 57.3 Å². The smallest absolute Gasteiger partial charge is 0.166 e. The van der Waals surface area contributed by atoms with Crippen LogP contribution in [0.4, 0.5) is 5.82 Å². The molecule has 0 bridgehead atoms. The lowest BCUT2D eigenvalue weighted by Crippen LogP contribution is -2.73. The van der Waals surface area contributed by atoms with Crippen molar-refractivity contribution in [2.75, 3.05) is 12.3 Å². The molecule has 0 saturated heterocycles. The Bertz CT molecular complexity index is 787. The van der Waals surface area contributed by atoms with Crippen LogP contribution >= 0.6 is 0 Å². The normalized spacial score (nSPS) is 40.1. The van der Waals surface area contributed by atoms with E-state index in [1.165, 1.54) is 6.33 Å². The maximum atomic E-state index is 11.4. The van der Waals surface area contributed by atoms with Gasteiger partial charge in [0.05, 0.1) is 18.5 Å². The molecule has 2 aromatic rings. The van der Waals surface area contributed by atoms with Crippen molar-refractivity contribution in [3.05, 3.63) is 12.7 Å². The van der Waals surface area contributed by atoms with Crippen LogP contribution < -0.4 is 5.73 Å². The number of nitrogens with two attached hydrogens (primary N) is 1. The minimum atomic E-state index is -1.55. The lowest BCUT2D eigenvalue weighted by molar-refractivity contribution is -0.269. The zero-order valence-electron chi connectivity index (χ0n) is 14.5. The highest BCUT2D eigenvalue weighted by atomic mass is 16.4. The van der Waals surface area contributed by atoms with E-state index < -0.39 is 22.2 Å². The van der Waals surface area contributed by atoms with Gasteiger partial charge >= 0.3 is 0 Å². The first-order valence-electron chi connectivity index (χ1n) is 8.01. The van der Waals surface area contributed by atoms with Crippen molar-refractivity contribution in [3.63, 3.8) is 0 Å². The number of rotatable bonds is 2. The first kappa shape index (κ1) is 17.1. The summed E-state index contributed by atoms with van der Waals surface area (Å²) in [6.07, 6.45) is 3.99. The van der Waals surface area contributed by atoms with Crippen LogP contribution in [-0.2, 0) is 5.54 Å². The summed E-state index contributed by atoms with van der Waals surface area (Å²) in [6, 6.07) is 0. The van der Waals surface area contributed by atoms with E-state index in [0.717, 1.165) is 0 Å². The number of nitrogen functional groups attached to an aromatic ring is 1. The largest absolute Gasteiger partial charge is 0.396 e. The van der Waals surface area contributed by atoms with Crippen LogP contribution in [0, 0.1) is 5.41 Å². The second kappa shape index (κ2) is 4.87. The average Bonchev–Trinajstić information content (AvgIpc) is 2.96. The van der Waals surface area contributed by atoms with E-state index >= 15 is 0 Å². The van der Waals surface area contributed by atoms with Crippen LogP contribution in [0.3, 0.4) is 0 Å². The summed E-state index contributed by atoms with van der Waals surface area (Å²) in [5.41, 5.74) is 2.04. The summed E-state index contributed by atoms with van der Waals surface area (Å²) in [7, 11) is 0. The molecule has 0 aromatic carbocycles. The van der Waals surface area contributed by atoms with Gasteiger partial charge in [-0.2, -0.15) is 0 Å². The van der Waals surface area contributed by atoms with Gasteiger partial charge in [0.25, 0.3) is 0 Å². The van der Waals surface area contributed by atoms with E-state index in [0.29, 0.717) is 24.0 Å². The molecule has 1 saturated carbocycles. The van der Waals surface area contributed by atoms with Crippen molar-refractivity contribution in [1.82, 2.24) is 19.5 Å². The molecular weight excluding hydrogens is 310 g/mol. The van der Waals surface area contributed by atoms with E-state index in [4.69, 9.17) is 5.73 Å². The van der Waals surface area contributed by atoms with E-state index in [1.54, 1.807) is 31.7 Å². The Labute approximate surface area is 140 Å². The number of imidazole rings is 1. The second-order valence-electron chi connectivity index (χ2n) is 7.68. The molecule has 1 aliphatic carbocycles. The summed E-state index contributed by atoms with van der Waals surface area (Å²) in [5, 5.41) is 32.4. The molecule has 24 heavy (non-hydrogen) atoms. The fraction of sp³-hybridized carbons (Fsp3) is 0.688. The molecule has 3 rings (SSSR count). The zero-order valence-corrected chi connectivity index (χ0v) is 14.5. The van der Waals surface area contributed by atoms with Crippen molar-refractivity contribution >= 4 is 17.0 Å². The first-order chi connectivity index (χ1) is 11.0. The minimum Gasteiger partial charge on any atom is -0.396 e. The quantitative estimate of drug-likeness (QED) is 0.625. The molecule has 1 fully saturated rings. The third kappa shape index (κ3) is 1.81.